The minimum atomic E-state index is -0.410. The van der Waals surface area contributed by atoms with Crippen LogP contribution in [-0.4, -0.2) is 11.8 Å². The molecule has 0 fully saturated rings. The summed E-state index contributed by atoms with van der Waals surface area (Å²) in [6.07, 6.45) is 0.945. The van der Waals surface area contributed by atoms with Crippen LogP contribution in [0.5, 0.6) is 0 Å². The van der Waals surface area contributed by atoms with Crippen molar-refractivity contribution < 1.29 is 4.79 Å². The predicted octanol–water partition coefficient (Wildman–Crippen LogP) is 1.78. The molecule has 0 saturated heterocycles. The summed E-state index contributed by atoms with van der Waals surface area (Å²) >= 11 is 0. The molecular formula is C11H15NO. The van der Waals surface area contributed by atoms with Crippen molar-refractivity contribution in [1.29, 1.82) is 0 Å². The quantitative estimate of drug-likeness (QED) is 0.715. The lowest BCUT2D eigenvalue weighted by atomic mass is 10.0. The van der Waals surface area contributed by atoms with Crippen LogP contribution < -0.4 is 5.73 Å². The Morgan fingerprint density at radius 1 is 1.54 bits per heavy atom. The molecule has 1 aromatic carbocycles. The Morgan fingerprint density at radius 3 is 2.77 bits per heavy atom. The first-order chi connectivity index (χ1) is 6.15. The molecular weight excluding hydrogens is 162 g/mol. The number of hydrogen-bond donors (Lipinski definition) is 1. The highest BCUT2D eigenvalue weighted by Gasteiger charge is 2.10. The van der Waals surface area contributed by atoms with E-state index in [1.807, 2.05) is 24.3 Å². The number of nitrogens with two attached hydrogens (primary N) is 1. The number of benzene rings is 1. The van der Waals surface area contributed by atoms with Gasteiger partial charge in [-0.25, -0.2) is 0 Å². The summed E-state index contributed by atoms with van der Waals surface area (Å²) in [6, 6.07) is 7.22. The van der Waals surface area contributed by atoms with Crippen LogP contribution in [-0.2, 0) is 6.42 Å². The van der Waals surface area contributed by atoms with E-state index >= 15 is 0 Å². The molecule has 2 heteroatoms. The highest BCUT2D eigenvalue weighted by molar-refractivity contribution is 5.99. The molecule has 0 aliphatic rings. The predicted molar refractivity (Wildman–Crippen MR) is 53.8 cm³/mol. The molecule has 2 N–H and O–H groups in total. The number of aryl methyl sites for hydroxylation is 1. The second-order valence-electron chi connectivity index (χ2n) is 3.21. The van der Waals surface area contributed by atoms with Crippen LogP contribution in [0.4, 0.5) is 0 Å². The van der Waals surface area contributed by atoms with Gasteiger partial charge in [0.1, 0.15) is 0 Å². The van der Waals surface area contributed by atoms with E-state index in [1.54, 1.807) is 6.92 Å². The Hall–Kier alpha value is -1.15. The van der Waals surface area contributed by atoms with Gasteiger partial charge in [-0.1, -0.05) is 25.1 Å². The number of ketones is 1. The van der Waals surface area contributed by atoms with Crippen LogP contribution >= 0.6 is 0 Å². The second-order valence-corrected chi connectivity index (χ2v) is 3.21. The highest BCUT2D eigenvalue weighted by Crippen LogP contribution is 2.07. The number of Topliss-reactive ketones (excluding diaryl/α,β-unsaturated/α-hetero) is 1. The minimum absolute atomic E-state index is 0.00954. The fraction of sp³-hybridized carbons (Fsp3) is 0.364. The molecule has 0 aliphatic heterocycles. The Balaban J connectivity index is 2.95. The van der Waals surface area contributed by atoms with E-state index < -0.39 is 6.04 Å². The first-order valence-corrected chi connectivity index (χ1v) is 4.54. The molecule has 0 saturated carbocycles. The summed E-state index contributed by atoms with van der Waals surface area (Å²) in [5.74, 6) is 0.00954. The second kappa shape index (κ2) is 4.19. The molecule has 1 rings (SSSR count). The molecule has 70 valence electrons. The summed E-state index contributed by atoms with van der Waals surface area (Å²) in [5.41, 5.74) is 7.40. The Labute approximate surface area is 78.8 Å². The van der Waals surface area contributed by atoms with E-state index in [4.69, 9.17) is 5.73 Å². The van der Waals surface area contributed by atoms with Crippen molar-refractivity contribution in [2.45, 2.75) is 26.3 Å². The van der Waals surface area contributed by atoms with Crippen LogP contribution in [0.1, 0.15) is 29.8 Å². The first-order valence-electron chi connectivity index (χ1n) is 4.54. The lowest BCUT2D eigenvalue weighted by molar-refractivity contribution is 0.0968. The molecule has 0 spiro atoms. The zero-order valence-corrected chi connectivity index (χ0v) is 8.08. The van der Waals surface area contributed by atoms with Gasteiger partial charge in [-0.15, -0.1) is 0 Å². The maximum atomic E-state index is 11.5. The van der Waals surface area contributed by atoms with Gasteiger partial charge < -0.3 is 5.73 Å². The van der Waals surface area contributed by atoms with Crippen molar-refractivity contribution in [2.75, 3.05) is 0 Å². The number of hydrogen-bond acceptors (Lipinski definition) is 2. The molecule has 0 heterocycles. The molecule has 0 bridgehead atoms. The van der Waals surface area contributed by atoms with Crippen molar-refractivity contribution in [3.63, 3.8) is 0 Å². The summed E-state index contributed by atoms with van der Waals surface area (Å²) in [4.78, 5) is 11.5. The monoisotopic (exact) mass is 177 g/mol. The van der Waals surface area contributed by atoms with Gasteiger partial charge in [0.25, 0.3) is 0 Å². The number of carbonyl (C=O) groups excluding carboxylic acids is 1. The van der Waals surface area contributed by atoms with Crippen molar-refractivity contribution >= 4 is 5.78 Å². The van der Waals surface area contributed by atoms with Crippen LogP contribution in [0, 0.1) is 0 Å². The molecule has 1 atom stereocenters. The van der Waals surface area contributed by atoms with Crippen LogP contribution in [0.2, 0.25) is 0 Å². The Morgan fingerprint density at radius 2 is 2.23 bits per heavy atom. The highest BCUT2D eigenvalue weighted by atomic mass is 16.1. The Kier molecular flexibility index (Phi) is 3.20. The SMILES string of the molecule is CCc1cccc(C(=O)C(C)N)c1. The van der Waals surface area contributed by atoms with Gasteiger partial charge in [-0.05, 0) is 25.0 Å². The van der Waals surface area contributed by atoms with E-state index in [9.17, 15) is 4.79 Å². The van der Waals surface area contributed by atoms with Gasteiger partial charge in [0.15, 0.2) is 5.78 Å². The van der Waals surface area contributed by atoms with Gasteiger partial charge in [0, 0.05) is 5.56 Å². The summed E-state index contributed by atoms with van der Waals surface area (Å²) < 4.78 is 0. The third-order valence-electron chi connectivity index (χ3n) is 2.03. The molecule has 0 amide bonds. The minimum Gasteiger partial charge on any atom is -0.321 e. The number of rotatable bonds is 3. The average Bonchev–Trinajstić information content (AvgIpc) is 2.16. The van der Waals surface area contributed by atoms with Gasteiger partial charge in [-0.2, -0.15) is 0 Å². The van der Waals surface area contributed by atoms with E-state index in [0.29, 0.717) is 5.56 Å². The molecule has 1 aromatic rings. The van der Waals surface area contributed by atoms with E-state index in [2.05, 4.69) is 6.92 Å². The maximum absolute atomic E-state index is 11.5. The van der Waals surface area contributed by atoms with Crippen molar-refractivity contribution in [1.82, 2.24) is 0 Å². The molecule has 0 aromatic heterocycles. The van der Waals surface area contributed by atoms with Gasteiger partial charge in [-0.3, -0.25) is 4.79 Å². The average molecular weight is 177 g/mol. The summed E-state index contributed by atoms with van der Waals surface area (Å²) in [7, 11) is 0. The summed E-state index contributed by atoms with van der Waals surface area (Å²) in [5, 5.41) is 0. The third-order valence-corrected chi connectivity index (χ3v) is 2.03. The zero-order chi connectivity index (χ0) is 9.84. The summed E-state index contributed by atoms with van der Waals surface area (Å²) in [6.45, 7) is 3.77. The lowest BCUT2D eigenvalue weighted by Gasteiger charge is -2.05. The molecule has 0 aliphatic carbocycles. The molecule has 2 nitrogen and oxygen atoms in total. The topological polar surface area (TPSA) is 43.1 Å². The zero-order valence-electron chi connectivity index (χ0n) is 8.08. The maximum Gasteiger partial charge on any atom is 0.179 e. The Bertz CT molecular complexity index is 305. The molecule has 13 heavy (non-hydrogen) atoms. The van der Waals surface area contributed by atoms with Crippen molar-refractivity contribution in [3.8, 4) is 0 Å². The van der Waals surface area contributed by atoms with Gasteiger partial charge in [0.05, 0.1) is 6.04 Å². The van der Waals surface area contributed by atoms with E-state index in [-0.39, 0.29) is 5.78 Å². The van der Waals surface area contributed by atoms with Crippen LogP contribution in [0.25, 0.3) is 0 Å². The van der Waals surface area contributed by atoms with Crippen LogP contribution in [0.3, 0.4) is 0 Å². The van der Waals surface area contributed by atoms with Gasteiger partial charge >= 0.3 is 0 Å². The van der Waals surface area contributed by atoms with Crippen molar-refractivity contribution in [3.05, 3.63) is 35.4 Å². The first kappa shape index (κ1) is 9.93. The molecule has 1 unspecified atom stereocenters. The third kappa shape index (κ3) is 2.39. The normalized spacial score (nSPS) is 12.5. The fourth-order valence-electron chi connectivity index (χ4n) is 1.21. The molecule has 0 radical (unpaired) electrons. The largest absolute Gasteiger partial charge is 0.321 e. The van der Waals surface area contributed by atoms with Gasteiger partial charge in [0.2, 0.25) is 0 Å². The van der Waals surface area contributed by atoms with Crippen LogP contribution in [0.15, 0.2) is 24.3 Å². The smallest absolute Gasteiger partial charge is 0.179 e. The van der Waals surface area contributed by atoms with E-state index in [1.165, 1.54) is 5.56 Å². The standard InChI is InChI=1S/C11H15NO/c1-3-9-5-4-6-10(7-9)11(13)8(2)12/h4-8H,3,12H2,1-2H3. The fourth-order valence-corrected chi connectivity index (χ4v) is 1.21. The van der Waals surface area contributed by atoms with E-state index in [0.717, 1.165) is 6.42 Å². The lowest BCUT2D eigenvalue weighted by Crippen LogP contribution is -2.26. The number of carbonyl (C=O) groups is 1. The van der Waals surface area contributed by atoms with Crippen molar-refractivity contribution in [2.24, 2.45) is 5.73 Å².